The molecule has 0 amide bonds. The van der Waals surface area contributed by atoms with Gasteiger partial charge < -0.3 is 14.2 Å². The van der Waals surface area contributed by atoms with E-state index in [0.717, 1.165) is 29.0 Å². The molecule has 0 saturated carbocycles. The number of ether oxygens (including phenoxy) is 3. The third-order valence-corrected chi connectivity index (χ3v) is 5.92. The summed E-state index contributed by atoms with van der Waals surface area (Å²) in [6.07, 6.45) is 2.74. The second kappa shape index (κ2) is 11.0. The molecule has 1 aliphatic heterocycles. The first kappa shape index (κ1) is 23.6. The average molecular weight is 479 g/mol. The second-order valence-electron chi connectivity index (χ2n) is 7.38. The molecule has 4 rings (SSSR count). The molecule has 2 aromatic carbocycles. The molecule has 0 spiro atoms. The Bertz CT molecular complexity index is 1200. The van der Waals surface area contributed by atoms with Crippen molar-refractivity contribution in [2.75, 3.05) is 26.1 Å². The van der Waals surface area contributed by atoms with Gasteiger partial charge in [-0.2, -0.15) is 9.78 Å². The summed E-state index contributed by atoms with van der Waals surface area (Å²) in [6.45, 7) is 4.78. The predicted octanol–water partition coefficient (Wildman–Crippen LogP) is 4.70. The van der Waals surface area contributed by atoms with Gasteiger partial charge in [0, 0.05) is 11.3 Å². The average Bonchev–Trinajstić information content (AvgIpc) is 3.30. The van der Waals surface area contributed by atoms with Gasteiger partial charge in [-0.15, -0.1) is 10.2 Å². The molecule has 176 valence electrons. The zero-order valence-electron chi connectivity index (χ0n) is 19.4. The Kier molecular flexibility index (Phi) is 7.64. The monoisotopic (exact) mass is 478 g/mol. The van der Waals surface area contributed by atoms with Crippen molar-refractivity contribution in [3.8, 4) is 22.9 Å². The SMILES string of the molecule is CCCOc1ccc(/C=C(\C(=O)OCC)C2=Nn3c(nnc3-c3ccc(OC)cc3)SC2)cc1. The smallest absolute Gasteiger partial charge is 0.340 e. The molecule has 9 heteroatoms. The summed E-state index contributed by atoms with van der Waals surface area (Å²) in [5.41, 5.74) is 2.69. The number of thioether (sulfide) groups is 1. The topological polar surface area (TPSA) is 87.8 Å². The van der Waals surface area contributed by atoms with Crippen LogP contribution < -0.4 is 9.47 Å². The molecule has 0 aliphatic carbocycles. The Morgan fingerprint density at radius 1 is 1.06 bits per heavy atom. The highest BCUT2D eigenvalue weighted by molar-refractivity contribution is 7.99. The maximum Gasteiger partial charge on any atom is 0.340 e. The summed E-state index contributed by atoms with van der Waals surface area (Å²) < 4.78 is 17.9. The van der Waals surface area contributed by atoms with Crippen LogP contribution in [-0.4, -0.2) is 52.6 Å². The molecule has 3 aromatic rings. The third kappa shape index (κ3) is 5.31. The molecule has 8 nitrogen and oxygen atoms in total. The van der Waals surface area contributed by atoms with Gasteiger partial charge in [0.15, 0.2) is 5.82 Å². The van der Waals surface area contributed by atoms with Crippen LogP contribution in [0.2, 0.25) is 0 Å². The molecule has 1 aromatic heterocycles. The van der Waals surface area contributed by atoms with Crippen LogP contribution in [0.3, 0.4) is 0 Å². The number of esters is 1. The molecule has 0 bridgehead atoms. The molecule has 0 fully saturated rings. The van der Waals surface area contributed by atoms with Crippen LogP contribution >= 0.6 is 11.8 Å². The highest BCUT2D eigenvalue weighted by Gasteiger charge is 2.25. The Balaban J connectivity index is 1.69. The lowest BCUT2D eigenvalue weighted by atomic mass is 10.1. The van der Waals surface area contributed by atoms with E-state index < -0.39 is 5.97 Å². The van der Waals surface area contributed by atoms with Crippen molar-refractivity contribution in [2.45, 2.75) is 25.4 Å². The van der Waals surface area contributed by atoms with Gasteiger partial charge in [-0.3, -0.25) is 0 Å². The number of aromatic nitrogens is 3. The van der Waals surface area contributed by atoms with Crippen molar-refractivity contribution in [2.24, 2.45) is 5.10 Å². The minimum Gasteiger partial charge on any atom is -0.497 e. The lowest BCUT2D eigenvalue weighted by Gasteiger charge is -2.16. The number of hydrogen-bond donors (Lipinski definition) is 0. The van der Waals surface area contributed by atoms with Crippen LogP contribution in [0, 0.1) is 0 Å². The summed E-state index contributed by atoms with van der Waals surface area (Å²) in [5, 5.41) is 14.0. The van der Waals surface area contributed by atoms with Crippen LogP contribution in [0.4, 0.5) is 0 Å². The van der Waals surface area contributed by atoms with Crippen LogP contribution in [0.1, 0.15) is 25.8 Å². The summed E-state index contributed by atoms with van der Waals surface area (Å²) in [6, 6.07) is 15.1. The van der Waals surface area contributed by atoms with E-state index >= 15 is 0 Å². The Hall–Kier alpha value is -3.59. The molecule has 0 atom stereocenters. The van der Waals surface area contributed by atoms with Crippen molar-refractivity contribution in [3.63, 3.8) is 0 Å². The van der Waals surface area contributed by atoms with Crippen LogP contribution in [0.25, 0.3) is 17.5 Å². The molecule has 0 unspecified atom stereocenters. The number of benzene rings is 2. The fourth-order valence-corrected chi connectivity index (χ4v) is 4.12. The van der Waals surface area contributed by atoms with Crippen molar-refractivity contribution >= 4 is 29.5 Å². The zero-order valence-corrected chi connectivity index (χ0v) is 20.2. The van der Waals surface area contributed by atoms with Gasteiger partial charge in [0.1, 0.15) is 11.5 Å². The number of fused-ring (bicyclic) bond motifs is 1. The molecule has 2 heterocycles. The molecule has 34 heavy (non-hydrogen) atoms. The summed E-state index contributed by atoms with van der Waals surface area (Å²) in [7, 11) is 1.62. The Labute approximate surface area is 202 Å². The summed E-state index contributed by atoms with van der Waals surface area (Å²) in [5.74, 6) is 2.18. The molecular formula is C25H26N4O4S. The molecule has 0 N–H and O–H groups in total. The van der Waals surface area contributed by atoms with Gasteiger partial charge in [-0.25, -0.2) is 4.79 Å². The highest BCUT2D eigenvalue weighted by atomic mass is 32.2. The normalized spacial score (nSPS) is 13.1. The zero-order chi connectivity index (χ0) is 23.9. The van der Waals surface area contributed by atoms with E-state index in [9.17, 15) is 4.79 Å². The van der Waals surface area contributed by atoms with E-state index in [2.05, 4.69) is 17.1 Å². The standard InChI is InChI=1S/C25H26N4O4S/c1-4-14-33-20-10-6-17(7-11-20)15-21(24(30)32-5-2)22-16-34-25-27-26-23(29(25)28-22)18-8-12-19(31-3)13-9-18/h6-13,15H,4-5,14,16H2,1-3H3/b21-15-. The van der Waals surface area contributed by atoms with Gasteiger partial charge in [-0.1, -0.05) is 30.8 Å². The van der Waals surface area contributed by atoms with Crippen LogP contribution in [0.15, 0.2) is 64.4 Å². The van der Waals surface area contributed by atoms with Crippen molar-refractivity contribution in [3.05, 3.63) is 59.7 Å². The first-order valence-corrected chi connectivity index (χ1v) is 12.0. The van der Waals surface area contributed by atoms with Gasteiger partial charge in [0.05, 0.1) is 31.6 Å². The molecule has 1 aliphatic rings. The predicted molar refractivity (Wildman–Crippen MR) is 132 cm³/mol. The number of carbonyl (C=O) groups excluding carboxylic acids is 1. The van der Waals surface area contributed by atoms with E-state index in [0.29, 0.717) is 34.6 Å². The molecule has 0 radical (unpaired) electrons. The number of nitrogens with zero attached hydrogens (tertiary/aromatic N) is 4. The fraction of sp³-hybridized carbons (Fsp3) is 0.280. The van der Waals surface area contributed by atoms with Gasteiger partial charge in [0.25, 0.3) is 0 Å². The Morgan fingerprint density at radius 2 is 1.79 bits per heavy atom. The van der Waals surface area contributed by atoms with E-state index in [1.54, 1.807) is 24.8 Å². The lowest BCUT2D eigenvalue weighted by molar-refractivity contribution is -0.137. The van der Waals surface area contributed by atoms with E-state index in [-0.39, 0.29) is 6.61 Å². The van der Waals surface area contributed by atoms with Crippen LogP contribution in [-0.2, 0) is 9.53 Å². The number of hydrogen-bond acceptors (Lipinski definition) is 8. The van der Waals surface area contributed by atoms with Crippen LogP contribution in [0.5, 0.6) is 11.5 Å². The van der Waals surface area contributed by atoms with Gasteiger partial charge in [-0.05, 0) is 61.4 Å². The lowest BCUT2D eigenvalue weighted by Crippen LogP contribution is -2.21. The maximum absolute atomic E-state index is 12.9. The minimum absolute atomic E-state index is 0.273. The third-order valence-electron chi connectivity index (χ3n) is 4.99. The van der Waals surface area contributed by atoms with Crippen molar-refractivity contribution in [1.29, 1.82) is 0 Å². The summed E-state index contributed by atoms with van der Waals surface area (Å²) >= 11 is 1.47. The quantitative estimate of drug-likeness (QED) is 0.325. The summed E-state index contributed by atoms with van der Waals surface area (Å²) in [4.78, 5) is 12.9. The second-order valence-corrected chi connectivity index (χ2v) is 8.32. The number of methoxy groups -OCH3 is 1. The van der Waals surface area contributed by atoms with E-state index in [1.807, 2.05) is 48.5 Å². The maximum atomic E-state index is 12.9. The Morgan fingerprint density at radius 3 is 2.47 bits per heavy atom. The van der Waals surface area contributed by atoms with E-state index in [1.165, 1.54) is 11.8 Å². The van der Waals surface area contributed by atoms with Crippen molar-refractivity contribution in [1.82, 2.24) is 14.9 Å². The largest absolute Gasteiger partial charge is 0.497 e. The van der Waals surface area contributed by atoms with Gasteiger partial charge in [0.2, 0.25) is 5.16 Å². The molecule has 0 saturated heterocycles. The fourth-order valence-electron chi connectivity index (χ4n) is 3.30. The minimum atomic E-state index is -0.421. The number of rotatable bonds is 9. The van der Waals surface area contributed by atoms with Gasteiger partial charge >= 0.3 is 5.97 Å². The van der Waals surface area contributed by atoms with E-state index in [4.69, 9.17) is 19.3 Å². The molecular weight excluding hydrogens is 452 g/mol. The van der Waals surface area contributed by atoms with Crippen molar-refractivity contribution < 1.29 is 19.0 Å². The number of carbonyl (C=O) groups is 1. The first-order chi connectivity index (χ1) is 16.6. The first-order valence-electron chi connectivity index (χ1n) is 11.1. The highest BCUT2D eigenvalue weighted by Crippen LogP contribution is 2.30.